The first-order chi connectivity index (χ1) is 20.5. The lowest BCUT2D eigenvalue weighted by Crippen LogP contribution is -2.20. The molecule has 12 nitrogen and oxygen atoms in total. The molecule has 13 heteroatoms. The summed E-state index contributed by atoms with van der Waals surface area (Å²) in [7, 11) is 9.20. The van der Waals surface area contributed by atoms with Gasteiger partial charge in [0.05, 0.1) is 54.6 Å². The van der Waals surface area contributed by atoms with Crippen molar-refractivity contribution in [2.45, 2.75) is 5.16 Å². The van der Waals surface area contributed by atoms with Crippen molar-refractivity contribution >= 4 is 23.9 Å². The molecule has 0 aliphatic carbocycles. The molecule has 1 amide bonds. The maximum atomic E-state index is 12.7. The summed E-state index contributed by atoms with van der Waals surface area (Å²) in [5.41, 5.74) is 4.63. The van der Waals surface area contributed by atoms with E-state index in [9.17, 15) is 4.79 Å². The van der Waals surface area contributed by atoms with Gasteiger partial charge in [0.2, 0.25) is 11.5 Å². The van der Waals surface area contributed by atoms with Crippen LogP contribution in [0.1, 0.15) is 5.56 Å². The van der Waals surface area contributed by atoms with Crippen molar-refractivity contribution in [2.24, 2.45) is 5.10 Å². The number of hydrogen-bond donors (Lipinski definition) is 1. The quantitative estimate of drug-likeness (QED) is 0.137. The predicted molar refractivity (Wildman–Crippen MR) is 159 cm³/mol. The van der Waals surface area contributed by atoms with Gasteiger partial charge in [0.15, 0.2) is 34.0 Å². The van der Waals surface area contributed by atoms with E-state index in [1.165, 1.54) is 39.3 Å². The minimum atomic E-state index is -0.340. The molecule has 0 aliphatic rings. The van der Waals surface area contributed by atoms with Crippen molar-refractivity contribution < 1.29 is 33.2 Å². The molecule has 0 saturated heterocycles. The van der Waals surface area contributed by atoms with Gasteiger partial charge >= 0.3 is 0 Å². The second kappa shape index (κ2) is 14.1. The van der Waals surface area contributed by atoms with Crippen molar-refractivity contribution in [1.82, 2.24) is 20.2 Å². The number of hydrogen-bond acceptors (Lipinski definition) is 11. The van der Waals surface area contributed by atoms with Crippen molar-refractivity contribution in [1.29, 1.82) is 0 Å². The maximum absolute atomic E-state index is 12.7. The summed E-state index contributed by atoms with van der Waals surface area (Å²) >= 11 is 1.21. The van der Waals surface area contributed by atoms with E-state index in [1.54, 1.807) is 45.6 Å². The van der Waals surface area contributed by atoms with Crippen LogP contribution < -0.4 is 33.8 Å². The molecular weight excluding hydrogens is 562 g/mol. The molecule has 4 aromatic rings. The van der Waals surface area contributed by atoms with E-state index in [0.29, 0.717) is 56.6 Å². The number of nitrogens with zero attached hydrogens (tertiary/aromatic N) is 4. The Morgan fingerprint density at radius 2 is 1.45 bits per heavy atom. The van der Waals surface area contributed by atoms with Gasteiger partial charge in [-0.3, -0.25) is 9.36 Å². The van der Waals surface area contributed by atoms with Gasteiger partial charge in [-0.1, -0.05) is 30.0 Å². The number of carbonyl (C=O) groups excluding carboxylic acids is 1. The van der Waals surface area contributed by atoms with Crippen LogP contribution in [0, 0.1) is 0 Å². The zero-order valence-corrected chi connectivity index (χ0v) is 24.9. The summed E-state index contributed by atoms with van der Waals surface area (Å²) in [6.45, 7) is 0. The van der Waals surface area contributed by atoms with E-state index >= 15 is 0 Å². The first kappa shape index (κ1) is 30.1. The Morgan fingerprint density at radius 1 is 0.810 bits per heavy atom. The number of ether oxygens (including phenoxy) is 6. The van der Waals surface area contributed by atoms with Gasteiger partial charge in [-0.15, -0.1) is 10.2 Å². The third kappa shape index (κ3) is 6.36. The summed E-state index contributed by atoms with van der Waals surface area (Å²) in [5.74, 6) is 3.01. The SMILES string of the molecule is COc1cc(-c2nnc(SCC(=O)NN=Cc3ccc(OC)c(OC)c3OC)n2-c2ccccc2)cc(OC)c1OC. The number of thioether (sulfide) groups is 1. The molecule has 0 fully saturated rings. The van der Waals surface area contributed by atoms with Gasteiger partial charge in [0, 0.05) is 16.8 Å². The third-order valence-electron chi connectivity index (χ3n) is 6.03. The highest BCUT2D eigenvalue weighted by atomic mass is 32.2. The average molecular weight is 594 g/mol. The number of para-hydroxylation sites is 1. The van der Waals surface area contributed by atoms with Crippen molar-refractivity contribution in [3.63, 3.8) is 0 Å². The van der Waals surface area contributed by atoms with E-state index < -0.39 is 0 Å². The highest BCUT2D eigenvalue weighted by molar-refractivity contribution is 7.99. The predicted octanol–water partition coefficient (Wildman–Crippen LogP) is 4.23. The smallest absolute Gasteiger partial charge is 0.250 e. The second-order valence-corrected chi connectivity index (χ2v) is 9.34. The number of benzene rings is 3. The van der Waals surface area contributed by atoms with Crippen LogP contribution in [0.2, 0.25) is 0 Å². The summed E-state index contributed by atoms with van der Waals surface area (Å²) in [6.07, 6.45) is 1.47. The van der Waals surface area contributed by atoms with Crippen molar-refractivity contribution in [3.8, 4) is 51.6 Å². The minimum absolute atomic E-state index is 0.0284. The zero-order chi connectivity index (χ0) is 30.1. The van der Waals surface area contributed by atoms with Gasteiger partial charge in [-0.05, 0) is 36.4 Å². The molecule has 0 radical (unpaired) electrons. The molecule has 4 rings (SSSR count). The molecule has 220 valence electrons. The number of amides is 1. The fourth-order valence-corrected chi connectivity index (χ4v) is 4.88. The van der Waals surface area contributed by atoms with Gasteiger partial charge in [0.25, 0.3) is 5.91 Å². The Kier molecular flexibility index (Phi) is 10.1. The molecule has 0 spiro atoms. The van der Waals surface area contributed by atoms with Gasteiger partial charge in [-0.25, -0.2) is 5.43 Å². The summed E-state index contributed by atoms with van der Waals surface area (Å²) in [6, 6.07) is 16.6. The Balaban J connectivity index is 1.57. The third-order valence-corrected chi connectivity index (χ3v) is 6.96. The molecule has 3 aromatic carbocycles. The van der Waals surface area contributed by atoms with Gasteiger partial charge < -0.3 is 28.4 Å². The zero-order valence-electron chi connectivity index (χ0n) is 24.0. The van der Waals surface area contributed by atoms with Crippen LogP contribution in [0.4, 0.5) is 0 Å². The average Bonchev–Trinajstić information content (AvgIpc) is 3.46. The molecule has 0 saturated carbocycles. The minimum Gasteiger partial charge on any atom is -0.493 e. The van der Waals surface area contributed by atoms with E-state index in [4.69, 9.17) is 28.4 Å². The Bertz CT molecular complexity index is 1530. The summed E-state index contributed by atoms with van der Waals surface area (Å²) in [5, 5.41) is 13.4. The van der Waals surface area contributed by atoms with Crippen LogP contribution in [-0.4, -0.2) is 75.3 Å². The normalized spacial score (nSPS) is 10.8. The van der Waals surface area contributed by atoms with E-state index in [0.717, 1.165) is 5.69 Å². The first-order valence-corrected chi connectivity index (χ1v) is 13.5. The van der Waals surface area contributed by atoms with Crippen LogP contribution in [0.5, 0.6) is 34.5 Å². The molecule has 0 bridgehead atoms. The van der Waals surface area contributed by atoms with Crippen LogP contribution in [0.25, 0.3) is 17.1 Å². The Labute approximate surface area is 247 Å². The van der Waals surface area contributed by atoms with Crippen LogP contribution in [0.15, 0.2) is 64.9 Å². The maximum Gasteiger partial charge on any atom is 0.250 e. The highest BCUT2D eigenvalue weighted by Gasteiger charge is 2.21. The van der Waals surface area contributed by atoms with E-state index in [-0.39, 0.29) is 11.7 Å². The number of hydrazone groups is 1. The molecule has 1 aromatic heterocycles. The van der Waals surface area contributed by atoms with Gasteiger partial charge in [0.1, 0.15) is 0 Å². The number of aromatic nitrogens is 3. The van der Waals surface area contributed by atoms with Crippen molar-refractivity contribution in [2.75, 3.05) is 48.4 Å². The van der Waals surface area contributed by atoms with Crippen LogP contribution in [-0.2, 0) is 4.79 Å². The molecular formula is C29H31N5O7S. The lowest BCUT2D eigenvalue weighted by atomic mass is 10.1. The van der Waals surface area contributed by atoms with Crippen molar-refractivity contribution in [3.05, 3.63) is 60.2 Å². The van der Waals surface area contributed by atoms with Crippen LogP contribution in [0.3, 0.4) is 0 Å². The summed E-state index contributed by atoms with van der Waals surface area (Å²) < 4.78 is 34.5. The number of nitrogens with one attached hydrogen (secondary N) is 1. The molecule has 0 unspecified atom stereocenters. The number of rotatable bonds is 13. The Morgan fingerprint density at radius 3 is 2.05 bits per heavy atom. The van der Waals surface area contributed by atoms with E-state index in [1.807, 2.05) is 34.9 Å². The highest BCUT2D eigenvalue weighted by Crippen LogP contribution is 2.42. The largest absolute Gasteiger partial charge is 0.493 e. The molecule has 1 N–H and O–H groups in total. The monoisotopic (exact) mass is 593 g/mol. The lowest BCUT2D eigenvalue weighted by Gasteiger charge is -2.15. The molecule has 0 aliphatic heterocycles. The number of carbonyl (C=O) groups is 1. The fourth-order valence-electron chi connectivity index (χ4n) is 4.13. The fraction of sp³-hybridized carbons (Fsp3) is 0.241. The van der Waals surface area contributed by atoms with E-state index in [2.05, 4.69) is 20.7 Å². The lowest BCUT2D eigenvalue weighted by molar-refractivity contribution is -0.118. The molecule has 42 heavy (non-hydrogen) atoms. The standard InChI is InChI=1S/C29H31N5O7S/c1-36-21-13-12-18(25(39-4)27(21)41-6)16-30-31-24(35)17-42-29-33-32-28(34(29)20-10-8-7-9-11-20)19-14-22(37-2)26(40-5)23(15-19)38-3/h7-16H,17H2,1-6H3,(H,31,35). The second-order valence-electron chi connectivity index (χ2n) is 8.40. The van der Waals surface area contributed by atoms with Gasteiger partial charge in [-0.2, -0.15) is 5.10 Å². The van der Waals surface area contributed by atoms with Crippen LogP contribution >= 0.6 is 11.8 Å². The molecule has 0 atom stereocenters. The molecule has 1 heterocycles. The summed E-state index contributed by atoms with van der Waals surface area (Å²) in [4.78, 5) is 12.7. The topological polar surface area (TPSA) is 128 Å². The Hall–Kier alpha value is -4.91. The number of methoxy groups -OCH3 is 6. The first-order valence-electron chi connectivity index (χ1n) is 12.5.